The van der Waals surface area contributed by atoms with Gasteiger partial charge in [0, 0.05) is 17.9 Å². The summed E-state index contributed by atoms with van der Waals surface area (Å²) in [5, 5.41) is 11.8. The lowest BCUT2D eigenvalue weighted by atomic mass is 9.54. The van der Waals surface area contributed by atoms with Crippen molar-refractivity contribution in [3.63, 3.8) is 0 Å². The van der Waals surface area contributed by atoms with E-state index < -0.39 is 5.60 Å². The zero-order valence-corrected chi connectivity index (χ0v) is 13.1. The maximum absolute atomic E-state index is 11.8. The van der Waals surface area contributed by atoms with Crippen molar-refractivity contribution in [2.24, 2.45) is 11.1 Å². The molecule has 2 saturated carbocycles. The van der Waals surface area contributed by atoms with E-state index in [-0.39, 0.29) is 11.3 Å². The monoisotopic (exact) mass is 287 g/mol. The Morgan fingerprint density at radius 2 is 1.62 bits per heavy atom. The minimum absolute atomic E-state index is 0.0633. The van der Waals surface area contributed by atoms with Gasteiger partial charge in [0.05, 0.1) is 5.60 Å². The van der Waals surface area contributed by atoms with Crippen LogP contribution in [-0.4, -0.2) is 17.3 Å². The molecule has 1 aromatic rings. The van der Waals surface area contributed by atoms with Gasteiger partial charge >= 0.3 is 0 Å². The first-order valence-corrected chi connectivity index (χ1v) is 8.69. The van der Waals surface area contributed by atoms with Gasteiger partial charge in [0.1, 0.15) is 0 Å². The molecule has 0 aromatic heterocycles. The highest BCUT2D eigenvalue weighted by molar-refractivity contribution is 5.26. The summed E-state index contributed by atoms with van der Waals surface area (Å²) in [6, 6.07) is 10.6. The van der Waals surface area contributed by atoms with E-state index in [0.717, 1.165) is 32.1 Å². The van der Waals surface area contributed by atoms with Crippen LogP contribution in [0.1, 0.15) is 69.3 Å². The van der Waals surface area contributed by atoms with Gasteiger partial charge in [0.2, 0.25) is 0 Å². The van der Waals surface area contributed by atoms with Crippen molar-refractivity contribution in [3.05, 3.63) is 35.9 Å². The molecule has 2 atom stereocenters. The number of hydrogen-bond donors (Lipinski definition) is 2. The van der Waals surface area contributed by atoms with Crippen LogP contribution in [0.3, 0.4) is 0 Å². The molecule has 2 heteroatoms. The number of rotatable bonds is 3. The van der Waals surface area contributed by atoms with Gasteiger partial charge in [-0.05, 0) is 31.2 Å². The Kier molecular flexibility index (Phi) is 4.37. The van der Waals surface area contributed by atoms with E-state index in [1.165, 1.54) is 31.2 Å². The Bertz CT molecular complexity index is 452. The third kappa shape index (κ3) is 2.53. The van der Waals surface area contributed by atoms with Gasteiger partial charge in [0.15, 0.2) is 0 Å². The number of benzene rings is 1. The van der Waals surface area contributed by atoms with Crippen LogP contribution in [0.5, 0.6) is 0 Å². The Hall–Kier alpha value is -0.860. The molecule has 116 valence electrons. The van der Waals surface area contributed by atoms with Gasteiger partial charge in [-0.2, -0.15) is 0 Å². The molecule has 2 aliphatic carbocycles. The summed E-state index contributed by atoms with van der Waals surface area (Å²) >= 11 is 0. The van der Waals surface area contributed by atoms with Gasteiger partial charge in [-0.3, -0.25) is 0 Å². The normalized spacial score (nSPS) is 32.8. The van der Waals surface area contributed by atoms with E-state index in [9.17, 15) is 5.11 Å². The molecular formula is C19H29NO. The molecule has 0 saturated heterocycles. The largest absolute Gasteiger partial charge is 0.389 e. The van der Waals surface area contributed by atoms with E-state index in [4.69, 9.17) is 5.73 Å². The standard InChI is InChI=1S/C19H29NO/c20-15-18(12-6-2-7-13-18)19(21)14-8-5-11-17(19)16-9-3-1-4-10-16/h1,3-4,9-10,17,21H,2,5-8,11-15,20H2. The highest BCUT2D eigenvalue weighted by Crippen LogP contribution is 2.55. The van der Waals surface area contributed by atoms with Gasteiger partial charge in [-0.1, -0.05) is 62.4 Å². The summed E-state index contributed by atoms with van der Waals surface area (Å²) in [6.45, 7) is 0.632. The van der Waals surface area contributed by atoms with Gasteiger partial charge in [-0.25, -0.2) is 0 Å². The van der Waals surface area contributed by atoms with E-state index in [2.05, 4.69) is 30.3 Å². The molecule has 1 aromatic carbocycles. The second-order valence-electron chi connectivity index (χ2n) is 7.18. The van der Waals surface area contributed by atoms with Gasteiger partial charge in [-0.15, -0.1) is 0 Å². The van der Waals surface area contributed by atoms with Crippen molar-refractivity contribution in [1.82, 2.24) is 0 Å². The zero-order chi connectivity index (χ0) is 14.8. The van der Waals surface area contributed by atoms with Crippen molar-refractivity contribution >= 4 is 0 Å². The van der Waals surface area contributed by atoms with E-state index in [1.807, 2.05) is 0 Å². The predicted molar refractivity (Wildman–Crippen MR) is 87.2 cm³/mol. The molecule has 2 fully saturated rings. The smallest absolute Gasteiger partial charge is 0.0783 e. The maximum Gasteiger partial charge on any atom is 0.0783 e. The van der Waals surface area contributed by atoms with Crippen LogP contribution in [0.2, 0.25) is 0 Å². The Labute approximate surface area is 128 Å². The molecule has 2 aliphatic rings. The first kappa shape index (κ1) is 15.1. The highest BCUT2D eigenvalue weighted by Gasteiger charge is 2.54. The van der Waals surface area contributed by atoms with E-state index in [0.29, 0.717) is 6.54 Å². The second-order valence-corrected chi connectivity index (χ2v) is 7.18. The quantitative estimate of drug-likeness (QED) is 0.883. The summed E-state index contributed by atoms with van der Waals surface area (Å²) in [5.41, 5.74) is 6.87. The van der Waals surface area contributed by atoms with Crippen molar-refractivity contribution in [1.29, 1.82) is 0 Å². The summed E-state index contributed by atoms with van der Waals surface area (Å²) < 4.78 is 0. The molecule has 0 radical (unpaired) electrons. The first-order valence-electron chi connectivity index (χ1n) is 8.69. The molecule has 2 nitrogen and oxygen atoms in total. The molecular weight excluding hydrogens is 258 g/mol. The first-order chi connectivity index (χ1) is 10.2. The molecule has 2 unspecified atom stereocenters. The summed E-state index contributed by atoms with van der Waals surface area (Å²) in [6.07, 6.45) is 10.3. The predicted octanol–water partition coefficient (Wildman–Crippen LogP) is 3.98. The minimum atomic E-state index is -0.609. The lowest BCUT2D eigenvalue weighted by Gasteiger charge is -2.55. The molecule has 0 bridgehead atoms. The third-order valence-corrected chi connectivity index (χ3v) is 6.20. The number of nitrogens with two attached hydrogens (primary N) is 1. The van der Waals surface area contributed by atoms with Crippen LogP contribution in [0, 0.1) is 5.41 Å². The third-order valence-electron chi connectivity index (χ3n) is 6.20. The fraction of sp³-hybridized carbons (Fsp3) is 0.684. The summed E-state index contributed by atoms with van der Waals surface area (Å²) in [7, 11) is 0. The van der Waals surface area contributed by atoms with Crippen LogP contribution >= 0.6 is 0 Å². The Morgan fingerprint density at radius 1 is 0.952 bits per heavy atom. The average molecular weight is 287 g/mol. The Balaban J connectivity index is 1.98. The molecule has 0 aliphatic heterocycles. The Morgan fingerprint density at radius 3 is 2.29 bits per heavy atom. The number of hydrogen-bond acceptors (Lipinski definition) is 2. The van der Waals surface area contributed by atoms with E-state index in [1.54, 1.807) is 0 Å². The van der Waals surface area contributed by atoms with Crippen LogP contribution in [0.4, 0.5) is 0 Å². The van der Waals surface area contributed by atoms with Crippen molar-refractivity contribution in [2.45, 2.75) is 69.3 Å². The van der Waals surface area contributed by atoms with Crippen LogP contribution in [-0.2, 0) is 0 Å². The molecule has 3 rings (SSSR count). The SMILES string of the molecule is NCC1(C2(O)CCCCC2c2ccccc2)CCCCC1. The lowest BCUT2D eigenvalue weighted by molar-refractivity contribution is -0.136. The molecule has 0 heterocycles. The van der Waals surface area contributed by atoms with Gasteiger partial charge < -0.3 is 10.8 Å². The molecule has 0 amide bonds. The molecule has 3 N–H and O–H groups in total. The van der Waals surface area contributed by atoms with Gasteiger partial charge in [0.25, 0.3) is 0 Å². The lowest BCUT2D eigenvalue weighted by Crippen LogP contribution is -2.58. The van der Waals surface area contributed by atoms with Crippen LogP contribution < -0.4 is 5.73 Å². The molecule has 21 heavy (non-hydrogen) atoms. The fourth-order valence-electron chi connectivity index (χ4n) is 4.96. The summed E-state index contributed by atoms with van der Waals surface area (Å²) in [4.78, 5) is 0. The van der Waals surface area contributed by atoms with Crippen molar-refractivity contribution in [2.75, 3.05) is 6.54 Å². The summed E-state index contributed by atoms with van der Waals surface area (Å²) in [5.74, 6) is 0.258. The second kappa shape index (κ2) is 6.10. The average Bonchev–Trinajstić information content (AvgIpc) is 2.56. The van der Waals surface area contributed by atoms with Crippen LogP contribution in [0.25, 0.3) is 0 Å². The highest BCUT2D eigenvalue weighted by atomic mass is 16.3. The minimum Gasteiger partial charge on any atom is -0.389 e. The number of aliphatic hydroxyl groups is 1. The molecule has 0 spiro atoms. The zero-order valence-electron chi connectivity index (χ0n) is 13.1. The van der Waals surface area contributed by atoms with Crippen LogP contribution in [0.15, 0.2) is 30.3 Å². The maximum atomic E-state index is 11.8. The van der Waals surface area contributed by atoms with Crippen molar-refractivity contribution < 1.29 is 5.11 Å². The van der Waals surface area contributed by atoms with Crippen molar-refractivity contribution in [3.8, 4) is 0 Å². The van der Waals surface area contributed by atoms with E-state index >= 15 is 0 Å². The topological polar surface area (TPSA) is 46.2 Å². The fourth-order valence-corrected chi connectivity index (χ4v) is 4.96.